The summed E-state index contributed by atoms with van der Waals surface area (Å²) in [5.74, 6) is 1.62. The lowest BCUT2D eigenvalue weighted by atomic mass is 10.1. The zero-order valence-electron chi connectivity index (χ0n) is 14.9. The molecule has 0 aliphatic rings. The maximum atomic E-state index is 12.5. The van der Waals surface area contributed by atoms with Gasteiger partial charge in [0.2, 0.25) is 5.88 Å². The number of aromatic nitrogens is 2. The molecule has 0 saturated heterocycles. The number of fused-ring (bicyclic) bond motifs is 1. The number of aryl methyl sites for hydroxylation is 1. The van der Waals surface area contributed by atoms with Crippen molar-refractivity contribution in [2.24, 2.45) is 5.92 Å². The Hall–Kier alpha value is -1.73. The Bertz CT molecular complexity index is 713. The van der Waals surface area contributed by atoms with Crippen LogP contribution in [0, 0.1) is 12.8 Å². The second kappa shape index (κ2) is 8.39. The lowest BCUT2D eigenvalue weighted by molar-refractivity contribution is 0.0956. The first-order valence-electron chi connectivity index (χ1n) is 8.09. The minimum absolute atomic E-state index is 0.0606. The van der Waals surface area contributed by atoms with Crippen LogP contribution in [0.15, 0.2) is 0 Å². The van der Waals surface area contributed by atoms with Gasteiger partial charge < -0.3 is 14.8 Å². The standard InChI is InChI=1S/C17H25N3O3S/c1-10(2)7-6-8-18-15(21)14-11(3)13-16(23-5)19-12(9-22-4)20-17(13)24-14/h10H,6-9H2,1-5H3,(H,18,21). The molecule has 0 unspecified atom stereocenters. The number of nitrogens with one attached hydrogen (secondary N) is 1. The number of amides is 1. The molecule has 1 amide bonds. The van der Waals surface area contributed by atoms with Gasteiger partial charge in [0, 0.05) is 13.7 Å². The molecular weight excluding hydrogens is 326 g/mol. The molecule has 2 aromatic rings. The number of rotatable bonds is 8. The Labute approximate surface area is 146 Å². The first-order valence-corrected chi connectivity index (χ1v) is 8.90. The van der Waals surface area contributed by atoms with Crippen LogP contribution in [0.5, 0.6) is 5.88 Å². The van der Waals surface area contributed by atoms with Crippen LogP contribution < -0.4 is 10.1 Å². The minimum atomic E-state index is -0.0606. The molecule has 0 bridgehead atoms. The zero-order chi connectivity index (χ0) is 17.7. The predicted molar refractivity (Wildman–Crippen MR) is 95.8 cm³/mol. The van der Waals surface area contributed by atoms with Gasteiger partial charge in [0.1, 0.15) is 11.4 Å². The highest BCUT2D eigenvalue weighted by Crippen LogP contribution is 2.34. The summed E-state index contributed by atoms with van der Waals surface area (Å²) in [7, 11) is 3.16. The monoisotopic (exact) mass is 351 g/mol. The highest BCUT2D eigenvalue weighted by molar-refractivity contribution is 7.20. The Morgan fingerprint density at radius 2 is 2.04 bits per heavy atom. The molecule has 0 aliphatic carbocycles. The molecule has 0 fully saturated rings. The summed E-state index contributed by atoms with van der Waals surface area (Å²) in [6.45, 7) is 7.26. The molecular formula is C17H25N3O3S. The van der Waals surface area contributed by atoms with Crippen molar-refractivity contribution < 1.29 is 14.3 Å². The molecule has 2 heterocycles. The van der Waals surface area contributed by atoms with Crippen LogP contribution in [0.25, 0.3) is 10.2 Å². The van der Waals surface area contributed by atoms with E-state index >= 15 is 0 Å². The molecule has 24 heavy (non-hydrogen) atoms. The Morgan fingerprint density at radius 3 is 2.67 bits per heavy atom. The van der Waals surface area contributed by atoms with Gasteiger partial charge in [-0.15, -0.1) is 11.3 Å². The van der Waals surface area contributed by atoms with E-state index < -0.39 is 0 Å². The second-order valence-corrected chi connectivity index (χ2v) is 7.11. The SMILES string of the molecule is COCc1nc(OC)c2c(C)c(C(=O)NCCCC(C)C)sc2n1. The molecule has 0 saturated carbocycles. The van der Waals surface area contributed by atoms with Crippen LogP contribution >= 0.6 is 11.3 Å². The molecule has 0 spiro atoms. The highest BCUT2D eigenvalue weighted by atomic mass is 32.1. The molecule has 2 aromatic heterocycles. The lowest BCUT2D eigenvalue weighted by Gasteiger charge is -2.06. The molecule has 2 rings (SSSR count). The third-order valence-electron chi connectivity index (χ3n) is 3.72. The van der Waals surface area contributed by atoms with Gasteiger partial charge in [-0.05, 0) is 31.2 Å². The van der Waals surface area contributed by atoms with E-state index in [1.165, 1.54) is 11.3 Å². The quantitative estimate of drug-likeness (QED) is 0.739. The molecule has 7 heteroatoms. The fourth-order valence-corrected chi connectivity index (χ4v) is 3.60. The van der Waals surface area contributed by atoms with E-state index in [9.17, 15) is 4.79 Å². The van der Waals surface area contributed by atoms with E-state index in [-0.39, 0.29) is 5.91 Å². The average molecular weight is 351 g/mol. The Kier molecular flexibility index (Phi) is 6.51. The summed E-state index contributed by atoms with van der Waals surface area (Å²) in [4.78, 5) is 22.7. The molecule has 132 valence electrons. The van der Waals surface area contributed by atoms with Gasteiger partial charge in [-0.2, -0.15) is 4.98 Å². The molecule has 1 N–H and O–H groups in total. The largest absolute Gasteiger partial charge is 0.480 e. The summed E-state index contributed by atoms with van der Waals surface area (Å²) in [5.41, 5.74) is 0.858. The van der Waals surface area contributed by atoms with Crippen molar-refractivity contribution in [3.63, 3.8) is 0 Å². The van der Waals surface area contributed by atoms with E-state index in [0.717, 1.165) is 28.6 Å². The van der Waals surface area contributed by atoms with Crippen LogP contribution in [-0.2, 0) is 11.3 Å². The fraction of sp³-hybridized carbons (Fsp3) is 0.588. The molecule has 0 radical (unpaired) electrons. The number of hydrogen-bond donors (Lipinski definition) is 1. The van der Waals surface area contributed by atoms with E-state index in [0.29, 0.717) is 35.7 Å². The summed E-state index contributed by atoms with van der Waals surface area (Å²) >= 11 is 1.37. The number of hydrogen-bond acceptors (Lipinski definition) is 6. The molecule has 0 aromatic carbocycles. The van der Waals surface area contributed by atoms with Crippen molar-refractivity contribution in [3.8, 4) is 5.88 Å². The van der Waals surface area contributed by atoms with Crippen LogP contribution in [0.4, 0.5) is 0 Å². The van der Waals surface area contributed by atoms with Gasteiger partial charge in [-0.3, -0.25) is 4.79 Å². The fourth-order valence-electron chi connectivity index (χ4n) is 2.49. The van der Waals surface area contributed by atoms with E-state index in [1.54, 1.807) is 14.2 Å². The second-order valence-electron chi connectivity index (χ2n) is 6.11. The predicted octanol–water partition coefficient (Wildman–Crippen LogP) is 3.32. The third-order valence-corrected chi connectivity index (χ3v) is 4.90. The Balaban J connectivity index is 2.24. The average Bonchev–Trinajstić information content (AvgIpc) is 2.88. The van der Waals surface area contributed by atoms with Crippen molar-refractivity contribution in [2.75, 3.05) is 20.8 Å². The van der Waals surface area contributed by atoms with Gasteiger partial charge >= 0.3 is 0 Å². The minimum Gasteiger partial charge on any atom is -0.480 e. The zero-order valence-corrected chi connectivity index (χ0v) is 15.7. The van der Waals surface area contributed by atoms with Crippen molar-refractivity contribution in [3.05, 3.63) is 16.3 Å². The van der Waals surface area contributed by atoms with Crippen molar-refractivity contribution >= 4 is 27.5 Å². The molecule has 0 atom stereocenters. The van der Waals surface area contributed by atoms with Gasteiger partial charge in [0.15, 0.2) is 5.82 Å². The Morgan fingerprint density at radius 1 is 1.29 bits per heavy atom. The van der Waals surface area contributed by atoms with Crippen molar-refractivity contribution in [2.45, 2.75) is 40.2 Å². The number of ether oxygens (including phenoxy) is 2. The molecule has 6 nitrogen and oxygen atoms in total. The normalized spacial score (nSPS) is 11.2. The molecule has 0 aliphatic heterocycles. The summed E-state index contributed by atoms with van der Waals surface area (Å²) in [6, 6.07) is 0. The summed E-state index contributed by atoms with van der Waals surface area (Å²) in [6.07, 6.45) is 2.08. The summed E-state index contributed by atoms with van der Waals surface area (Å²) in [5, 5.41) is 3.79. The number of nitrogens with zero attached hydrogens (tertiary/aromatic N) is 2. The number of carbonyl (C=O) groups is 1. The number of methoxy groups -OCH3 is 2. The van der Waals surface area contributed by atoms with Crippen LogP contribution in [0.3, 0.4) is 0 Å². The van der Waals surface area contributed by atoms with Crippen LogP contribution in [0.1, 0.15) is 47.7 Å². The van der Waals surface area contributed by atoms with Gasteiger partial charge in [-0.25, -0.2) is 4.98 Å². The lowest BCUT2D eigenvalue weighted by Crippen LogP contribution is -2.24. The van der Waals surface area contributed by atoms with Crippen LogP contribution in [0.2, 0.25) is 0 Å². The van der Waals surface area contributed by atoms with E-state index in [1.807, 2.05) is 6.92 Å². The highest BCUT2D eigenvalue weighted by Gasteiger charge is 2.20. The topological polar surface area (TPSA) is 73.3 Å². The maximum Gasteiger partial charge on any atom is 0.261 e. The summed E-state index contributed by atoms with van der Waals surface area (Å²) < 4.78 is 10.5. The number of carbonyl (C=O) groups excluding carboxylic acids is 1. The van der Waals surface area contributed by atoms with Gasteiger partial charge in [-0.1, -0.05) is 13.8 Å². The first-order chi connectivity index (χ1) is 11.5. The van der Waals surface area contributed by atoms with E-state index in [2.05, 4.69) is 29.1 Å². The van der Waals surface area contributed by atoms with Crippen LogP contribution in [-0.4, -0.2) is 36.6 Å². The van der Waals surface area contributed by atoms with Crippen molar-refractivity contribution in [1.29, 1.82) is 0 Å². The van der Waals surface area contributed by atoms with Gasteiger partial charge in [0.05, 0.1) is 17.4 Å². The number of thiophene rings is 1. The smallest absolute Gasteiger partial charge is 0.261 e. The van der Waals surface area contributed by atoms with E-state index in [4.69, 9.17) is 9.47 Å². The third kappa shape index (κ3) is 4.21. The van der Waals surface area contributed by atoms with Crippen molar-refractivity contribution in [1.82, 2.24) is 15.3 Å². The maximum absolute atomic E-state index is 12.5. The van der Waals surface area contributed by atoms with Gasteiger partial charge in [0.25, 0.3) is 5.91 Å². The first kappa shape index (κ1) is 18.6.